The van der Waals surface area contributed by atoms with Crippen molar-refractivity contribution in [1.29, 1.82) is 0 Å². The number of hydrogen-bond acceptors (Lipinski definition) is 2. The Morgan fingerprint density at radius 3 is 1.64 bits per heavy atom. The first-order valence-electron chi connectivity index (χ1n) is 5.78. The summed E-state index contributed by atoms with van der Waals surface area (Å²) >= 11 is 0. The van der Waals surface area contributed by atoms with E-state index in [4.69, 9.17) is 0 Å². The molecule has 0 saturated carbocycles. The summed E-state index contributed by atoms with van der Waals surface area (Å²) in [7, 11) is 7.64. The summed E-state index contributed by atoms with van der Waals surface area (Å²) < 4.78 is 5.04. The van der Waals surface area contributed by atoms with Gasteiger partial charge < -0.3 is 9.13 Å². The highest BCUT2D eigenvalue weighted by atomic mass is 28.3. The molecule has 0 bridgehead atoms. The third-order valence-electron chi connectivity index (χ3n) is 3.57. The van der Waals surface area contributed by atoms with Crippen LogP contribution >= 0.6 is 0 Å². The summed E-state index contributed by atoms with van der Waals surface area (Å²) in [4.78, 5) is 0. The molecule has 0 aromatic heterocycles. The van der Waals surface area contributed by atoms with E-state index in [9.17, 15) is 0 Å². The Hall–Kier alpha value is 0.137. The Morgan fingerprint density at radius 1 is 1.00 bits per heavy atom. The summed E-state index contributed by atoms with van der Waals surface area (Å²) in [6.07, 6.45) is 2.59. The summed E-state index contributed by atoms with van der Waals surface area (Å²) in [5, 5.41) is 0. The van der Waals surface area contributed by atoms with E-state index >= 15 is 0 Å². The molecule has 0 aliphatic carbocycles. The van der Waals surface area contributed by atoms with Gasteiger partial charge in [0.1, 0.15) is 0 Å². The molecule has 0 rings (SSSR count). The molecule has 0 heterocycles. The molecule has 1 unspecified atom stereocenters. The highest BCUT2D eigenvalue weighted by Crippen LogP contribution is 2.32. The Morgan fingerprint density at radius 2 is 1.43 bits per heavy atom. The van der Waals surface area contributed by atoms with Crippen LogP contribution in [0.25, 0.3) is 0 Å². The predicted octanol–water partition coefficient (Wildman–Crippen LogP) is 2.76. The molecule has 0 aliphatic rings. The second kappa shape index (κ2) is 5.88. The van der Waals surface area contributed by atoms with Crippen molar-refractivity contribution in [2.75, 3.05) is 28.2 Å². The standard InChI is InChI=1S/C11H28N2Si/c1-8-10-14(12(4)5,13(6)7)11(3)9-2/h11H,8-10H2,1-7H3. The highest BCUT2D eigenvalue weighted by molar-refractivity contribution is 6.75. The van der Waals surface area contributed by atoms with E-state index in [1.54, 1.807) is 0 Å². The highest BCUT2D eigenvalue weighted by Gasteiger charge is 2.42. The van der Waals surface area contributed by atoms with Crippen LogP contribution in [-0.4, -0.2) is 45.7 Å². The van der Waals surface area contributed by atoms with Crippen molar-refractivity contribution in [2.45, 2.75) is 45.2 Å². The Kier molecular flexibility index (Phi) is 5.94. The molecule has 0 aromatic carbocycles. The Labute approximate surface area is 91.4 Å². The zero-order valence-corrected chi connectivity index (χ0v) is 12.1. The van der Waals surface area contributed by atoms with E-state index in [-0.39, 0.29) is 0 Å². The summed E-state index contributed by atoms with van der Waals surface area (Å²) in [6, 6.07) is 1.38. The van der Waals surface area contributed by atoms with E-state index in [1.165, 1.54) is 18.9 Å². The maximum absolute atomic E-state index is 2.52. The van der Waals surface area contributed by atoms with Crippen LogP contribution in [0.2, 0.25) is 11.6 Å². The van der Waals surface area contributed by atoms with E-state index in [0.29, 0.717) is 0 Å². The second-order valence-corrected chi connectivity index (χ2v) is 9.76. The van der Waals surface area contributed by atoms with E-state index in [1.807, 2.05) is 0 Å². The minimum absolute atomic E-state index is 0.840. The zero-order chi connectivity index (χ0) is 11.4. The lowest BCUT2D eigenvalue weighted by Crippen LogP contribution is -2.63. The fraction of sp³-hybridized carbons (Fsp3) is 1.00. The molecular weight excluding hydrogens is 188 g/mol. The van der Waals surface area contributed by atoms with Crippen molar-refractivity contribution in [2.24, 2.45) is 0 Å². The van der Waals surface area contributed by atoms with Crippen molar-refractivity contribution in [1.82, 2.24) is 9.13 Å². The molecule has 14 heavy (non-hydrogen) atoms. The second-order valence-electron chi connectivity index (χ2n) is 4.73. The monoisotopic (exact) mass is 216 g/mol. The lowest BCUT2D eigenvalue weighted by molar-refractivity contribution is 0.447. The van der Waals surface area contributed by atoms with Crippen LogP contribution in [0.4, 0.5) is 0 Å². The van der Waals surface area contributed by atoms with Crippen molar-refractivity contribution in [3.63, 3.8) is 0 Å². The first kappa shape index (κ1) is 14.1. The van der Waals surface area contributed by atoms with Gasteiger partial charge in [-0.15, -0.1) is 0 Å². The minimum Gasteiger partial charge on any atom is -0.317 e. The van der Waals surface area contributed by atoms with Crippen LogP contribution in [0.1, 0.15) is 33.6 Å². The Bertz CT molecular complexity index is 149. The van der Waals surface area contributed by atoms with Crippen LogP contribution in [-0.2, 0) is 0 Å². The molecule has 86 valence electrons. The lowest BCUT2D eigenvalue weighted by Gasteiger charge is -2.46. The van der Waals surface area contributed by atoms with Gasteiger partial charge in [-0.2, -0.15) is 0 Å². The van der Waals surface area contributed by atoms with Gasteiger partial charge in [0, 0.05) is 0 Å². The third kappa shape index (κ3) is 2.58. The molecule has 0 fully saturated rings. The fourth-order valence-electron chi connectivity index (χ4n) is 2.67. The first-order valence-corrected chi connectivity index (χ1v) is 7.96. The van der Waals surface area contributed by atoms with Crippen molar-refractivity contribution >= 4 is 8.40 Å². The van der Waals surface area contributed by atoms with Gasteiger partial charge in [-0.1, -0.05) is 33.6 Å². The van der Waals surface area contributed by atoms with Gasteiger partial charge in [0.15, 0.2) is 0 Å². The third-order valence-corrected chi connectivity index (χ3v) is 9.89. The first-order chi connectivity index (χ1) is 6.43. The van der Waals surface area contributed by atoms with Gasteiger partial charge in [-0.3, -0.25) is 0 Å². The molecule has 2 nitrogen and oxygen atoms in total. The van der Waals surface area contributed by atoms with Crippen LogP contribution in [0.3, 0.4) is 0 Å². The quantitative estimate of drug-likeness (QED) is 0.630. The van der Waals surface area contributed by atoms with Crippen LogP contribution in [0, 0.1) is 0 Å². The fourth-order valence-corrected chi connectivity index (χ4v) is 8.01. The van der Waals surface area contributed by atoms with Crippen molar-refractivity contribution < 1.29 is 0 Å². The Balaban J connectivity index is 4.93. The maximum Gasteiger partial charge on any atom is 0.208 e. The topological polar surface area (TPSA) is 6.48 Å². The molecule has 0 saturated heterocycles. The summed E-state index contributed by atoms with van der Waals surface area (Å²) in [5.74, 6) is 0. The molecule has 0 aliphatic heterocycles. The van der Waals surface area contributed by atoms with Crippen LogP contribution < -0.4 is 0 Å². The molecule has 0 aromatic rings. The van der Waals surface area contributed by atoms with E-state index in [2.05, 4.69) is 58.1 Å². The summed E-state index contributed by atoms with van der Waals surface area (Å²) in [6.45, 7) is 7.04. The van der Waals surface area contributed by atoms with Gasteiger partial charge >= 0.3 is 0 Å². The molecule has 0 N–H and O–H groups in total. The van der Waals surface area contributed by atoms with Gasteiger partial charge in [0.05, 0.1) is 0 Å². The predicted molar refractivity (Wildman–Crippen MR) is 67.9 cm³/mol. The average Bonchev–Trinajstić information content (AvgIpc) is 2.11. The number of hydrogen-bond donors (Lipinski definition) is 0. The van der Waals surface area contributed by atoms with Gasteiger partial charge in [-0.25, -0.2) is 0 Å². The van der Waals surface area contributed by atoms with Crippen molar-refractivity contribution in [3.05, 3.63) is 0 Å². The smallest absolute Gasteiger partial charge is 0.208 e. The normalized spacial score (nSPS) is 15.2. The number of nitrogens with zero attached hydrogens (tertiary/aromatic N) is 2. The summed E-state index contributed by atoms with van der Waals surface area (Å²) in [5.41, 5.74) is 0.840. The largest absolute Gasteiger partial charge is 0.317 e. The maximum atomic E-state index is 2.52. The molecule has 1 atom stereocenters. The number of rotatable bonds is 6. The minimum atomic E-state index is -1.39. The molecule has 3 heteroatoms. The lowest BCUT2D eigenvalue weighted by atomic mass is 10.4. The van der Waals surface area contributed by atoms with Crippen LogP contribution in [0.15, 0.2) is 0 Å². The van der Waals surface area contributed by atoms with E-state index < -0.39 is 8.40 Å². The average molecular weight is 216 g/mol. The van der Waals surface area contributed by atoms with Crippen LogP contribution in [0.5, 0.6) is 0 Å². The van der Waals surface area contributed by atoms with Gasteiger partial charge in [0.25, 0.3) is 0 Å². The molecule has 0 amide bonds. The van der Waals surface area contributed by atoms with Gasteiger partial charge in [0.2, 0.25) is 8.40 Å². The zero-order valence-electron chi connectivity index (χ0n) is 11.1. The van der Waals surface area contributed by atoms with Crippen molar-refractivity contribution in [3.8, 4) is 0 Å². The van der Waals surface area contributed by atoms with Gasteiger partial charge in [-0.05, 0) is 39.8 Å². The molecular formula is C11H28N2Si. The van der Waals surface area contributed by atoms with E-state index in [0.717, 1.165) is 5.54 Å². The molecule has 0 spiro atoms. The SMILES string of the molecule is CCC[Si](C(C)CC)(N(C)C)N(C)C. The molecule has 0 radical (unpaired) electrons.